The number of hydrogen-bond donors (Lipinski definition) is 13. The summed E-state index contributed by atoms with van der Waals surface area (Å²) in [6.45, 7) is 23.9. The summed E-state index contributed by atoms with van der Waals surface area (Å²) in [6.07, 6.45) is 6.67. The fourth-order valence-electron chi connectivity index (χ4n) is 16.5. The molecule has 39 nitrogen and oxygen atoms in total. The predicted molar refractivity (Wildman–Crippen MR) is 558 cm³/mol. The van der Waals surface area contributed by atoms with Gasteiger partial charge in [-0.05, 0) is 229 Å². The first-order valence-electron chi connectivity index (χ1n) is 50.2. The molecule has 796 valence electrons. The van der Waals surface area contributed by atoms with Crippen LogP contribution in [-0.4, -0.2) is 245 Å². The molecule has 10 rings (SSSR count). The first kappa shape index (κ1) is 116. The second-order valence-corrected chi connectivity index (χ2v) is 39.0. The molecule has 13 N–H and O–H groups in total. The normalized spacial score (nSPS) is 12.5. The number of nitrogens with zero attached hydrogens (tertiary/aromatic N) is 7. The zero-order valence-corrected chi connectivity index (χ0v) is 86.9. The average Bonchev–Trinajstić information content (AvgIpc) is 1.11. The van der Waals surface area contributed by atoms with Crippen molar-refractivity contribution in [3.8, 4) is 33.8 Å². The minimum absolute atomic E-state index is 0.00169. The van der Waals surface area contributed by atoms with Gasteiger partial charge >= 0.3 is 11.9 Å². The van der Waals surface area contributed by atoms with E-state index in [4.69, 9.17) is 37.9 Å². The number of carbonyl (C=O) groups excluding carboxylic acids is 9. The van der Waals surface area contributed by atoms with Gasteiger partial charge in [0.1, 0.15) is 64.7 Å². The number of H-pyrrole nitrogens is 1. The number of pyridine rings is 2. The van der Waals surface area contributed by atoms with Crippen LogP contribution in [0.15, 0.2) is 164 Å². The highest BCUT2D eigenvalue weighted by molar-refractivity contribution is 5.99. The van der Waals surface area contributed by atoms with Crippen LogP contribution in [0.1, 0.15) is 210 Å². The van der Waals surface area contributed by atoms with Gasteiger partial charge in [-0.25, -0.2) is 14.6 Å². The third kappa shape index (κ3) is 39.8. The van der Waals surface area contributed by atoms with Crippen molar-refractivity contribution in [2.45, 2.75) is 225 Å². The lowest BCUT2D eigenvalue weighted by Crippen LogP contribution is -2.53. The maximum atomic E-state index is 14.2. The average molecular weight is 2040 g/mol. The van der Waals surface area contributed by atoms with Crippen molar-refractivity contribution in [1.82, 2.24) is 82.9 Å². The number of ether oxygens (including phenoxy) is 8. The quantitative estimate of drug-likeness (QED) is 0.0157. The minimum Gasteiger partial charge on any atom is -0.491 e. The van der Waals surface area contributed by atoms with Gasteiger partial charge in [0.15, 0.2) is 0 Å². The molecule has 0 aliphatic heterocycles. The maximum absolute atomic E-state index is 14.2. The summed E-state index contributed by atoms with van der Waals surface area (Å²) >= 11 is 0. The number of aromatic amines is 1. The number of hydrogen-bond acceptors (Lipinski definition) is 27. The first-order chi connectivity index (χ1) is 70.8. The topological polar surface area (TPSA) is 520 Å². The second-order valence-electron chi connectivity index (χ2n) is 39.0. The van der Waals surface area contributed by atoms with Crippen LogP contribution in [-0.2, 0) is 105 Å². The summed E-state index contributed by atoms with van der Waals surface area (Å²) in [5, 5.41) is 72.6. The number of ketones is 1. The van der Waals surface area contributed by atoms with E-state index in [0.717, 1.165) is 54.9 Å². The van der Waals surface area contributed by atoms with Gasteiger partial charge in [0.25, 0.3) is 0 Å². The maximum Gasteiger partial charge on any atom is 0.305 e. The Labute approximate surface area is 863 Å². The number of amides is 8. The Morgan fingerprint density at radius 2 is 0.899 bits per heavy atom. The van der Waals surface area contributed by atoms with E-state index < -0.39 is 69.6 Å². The summed E-state index contributed by atoms with van der Waals surface area (Å²) in [5.41, 5.74) is 3.58. The lowest BCUT2D eigenvalue weighted by molar-refractivity contribution is -0.139. The van der Waals surface area contributed by atoms with E-state index in [1.54, 1.807) is 47.5 Å². The van der Waals surface area contributed by atoms with Crippen LogP contribution in [0.4, 0.5) is 11.6 Å². The zero-order chi connectivity index (χ0) is 107. The van der Waals surface area contributed by atoms with E-state index in [2.05, 4.69) is 88.9 Å². The van der Waals surface area contributed by atoms with Gasteiger partial charge in [0.2, 0.25) is 47.3 Å². The Kier molecular flexibility index (Phi) is 45.1. The lowest BCUT2D eigenvalue weighted by atomic mass is 9.82. The molecule has 6 aromatic carbocycles. The molecule has 39 heteroatoms. The van der Waals surface area contributed by atoms with Crippen LogP contribution < -0.4 is 62.6 Å². The molecule has 0 aliphatic rings. The van der Waals surface area contributed by atoms with Crippen LogP contribution in [0.5, 0.6) is 11.5 Å². The molecule has 0 spiro atoms. The lowest BCUT2D eigenvalue weighted by Gasteiger charge is -2.37. The highest BCUT2D eigenvalue weighted by atomic mass is 16.6. The largest absolute Gasteiger partial charge is 0.491 e. The SMILES string of the molecule is CNC(=O)CCC(CCC(=O)NC(C)(C)COC(C)(C)c1cn(CCOCCOCCOc2ccc3cccc(-c4ccc([C@H](CC(=O)O)NC(=O)CNC(=O)CCCNc5cc(C)ccn5)cc4)c3c2)nn1)(CCC(=O)NC(C)(C)COC(C)(C)c1nn[nH]c1CCOCCOCCOc1ccc2cccc(-c3ccc([C@H](CC(=O)O)NC(=O)CNC(=O)CCCNc4cc(C)ccn4)cc3)c2c1)NC(=O)CCCC(C)=O. The Bertz CT molecular complexity index is 6050. The smallest absolute Gasteiger partial charge is 0.305 e. The predicted octanol–water partition coefficient (Wildman–Crippen LogP) is 12.2. The number of fused-ring (bicyclic) bond motifs is 2. The molecule has 4 heterocycles. The summed E-state index contributed by atoms with van der Waals surface area (Å²) in [6, 6.07) is 44.1. The standard InChI is InChI=1S/C109H144N18O21/c1-73-41-49-113-92(62-73)111-47-16-24-95(130)115-68-100(135)117-89(66-102(137)138)80-30-26-78(27-31-80)84-21-14-19-76-34-36-82(64-86(76)84)145-60-58-143-56-54-141-52-43-88-104(124-125-122-88)108(10,11)148-72-106(6,7)120-99(134)40-46-109(44-38-94(129)110-12,121-97(132)23-13-18-75(3)128)45-39-98(133)119-105(4,5)71-147-107(8,9)91-70-127(126-123-91)51-53-142-55-57-144-59-61-146-83-37-35-77-20-15-22-85(87(77)65-83)79-28-32-81(33-29-79)90(67-103(139)140)118-101(136)69-116-96(131)25-17-48-112-93-63-74(2)42-50-114-93/h14-15,19-22,26-37,41-42,49-50,62-65,70,89-90H,13,16-18,23-25,38-40,43-48,51-61,66-69,71-72H2,1-12H3,(H,110,129)(H,111,113)(H,112,114)(H,115,130)(H,116,131)(H,117,135)(H,118,136)(H,119,133)(H,120,134)(H,121,132)(H,137,138)(H,139,140)(H,122,124,125)/t89-,90-,109?/m0/s1. The molecule has 8 amide bonds. The van der Waals surface area contributed by atoms with Crippen LogP contribution in [0, 0.1) is 13.8 Å². The number of benzene rings is 6. The molecular weight excluding hydrogens is 1900 g/mol. The molecule has 0 aliphatic carbocycles. The van der Waals surface area contributed by atoms with Crippen LogP contribution in [0.25, 0.3) is 43.8 Å². The van der Waals surface area contributed by atoms with E-state index in [-0.39, 0.29) is 165 Å². The molecule has 0 saturated heterocycles. The molecule has 4 aromatic heterocycles. The fraction of sp³-hybridized carbons (Fsp3) is 0.477. The molecule has 0 saturated carbocycles. The van der Waals surface area contributed by atoms with Crippen LogP contribution in [0.2, 0.25) is 0 Å². The van der Waals surface area contributed by atoms with E-state index in [1.165, 1.54) is 14.0 Å². The van der Waals surface area contributed by atoms with Crippen molar-refractivity contribution < 1.29 is 101 Å². The number of Topliss-reactive ketones (excluding diaryl/α,β-unsaturated/α-hetero) is 1. The Morgan fingerprint density at radius 1 is 0.453 bits per heavy atom. The van der Waals surface area contributed by atoms with Crippen molar-refractivity contribution in [2.75, 3.05) is 123 Å². The van der Waals surface area contributed by atoms with Gasteiger partial charge in [-0.3, -0.25) is 53.0 Å². The molecule has 1 unspecified atom stereocenters. The van der Waals surface area contributed by atoms with E-state index in [0.29, 0.717) is 136 Å². The van der Waals surface area contributed by atoms with Gasteiger partial charge in [-0.2, -0.15) is 0 Å². The molecule has 0 fully saturated rings. The number of carbonyl (C=O) groups is 11. The van der Waals surface area contributed by atoms with E-state index in [1.807, 2.05) is 191 Å². The Morgan fingerprint density at radius 3 is 1.36 bits per heavy atom. The first-order valence-corrected chi connectivity index (χ1v) is 50.2. The highest BCUT2D eigenvalue weighted by Crippen LogP contribution is 2.37. The van der Waals surface area contributed by atoms with Gasteiger partial charge in [0.05, 0.1) is 134 Å². The summed E-state index contributed by atoms with van der Waals surface area (Å²) in [4.78, 5) is 151. The third-order valence-electron chi connectivity index (χ3n) is 24.6. The van der Waals surface area contributed by atoms with Gasteiger partial charge in [-0.1, -0.05) is 107 Å². The zero-order valence-electron chi connectivity index (χ0n) is 86.9. The van der Waals surface area contributed by atoms with Gasteiger partial charge < -0.3 is 106 Å². The second kappa shape index (κ2) is 57.8. The van der Waals surface area contributed by atoms with Crippen molar-refractivity contribution in [3.05, 3.63) is 204 Å². The number of anilines is 2. The van der Waals surface area contributed by atoms with Crippen molar-refractivity contribution in [3.63, 3.8) is 0 Å². The van der Waals surface area contributed by atoms with E-state index in [9.17, 15) is 63.0 Å². The molecule has 3 atom stereocenters. The van der Waals surface area contributed by atoms with Crippen molar-refractivity contribution in [1.29, 1.82) is 0 Å². The summed E-state index contributed by atoms with van der Waals surface area (Å²) in [7, 11) is 1.50. The summed E-state index contributed by atoms with van der Waals surface area (Å²) < 4.78 is 50.5. The molecule has 148 heavy (non-hydrogen) atoms. The number of carboxylic acid groups (broad SMARTS) is 2. The number of rotatable bonds is 68. The van der Waals surface area contributed by atoms with Crippen LogP contribution in [0.3, 0.4) is 0 Å². The Hall–Kier alpha value is -14.3. The molecule has 0 radical (unpaired) electrons. The summed E-state index contributed by atoms with van der Waals surface area (Å²) in [5.74, 6) is -2.66. The molecule has 10 aromatic rings. The third-order valence-corrected chi connectivity index (χ3v) is 24.6. The van der Waals surface area contributed by atoms with E-state index >= 15 is 0 Å². The highest BCUT2D eigenvalue weighted by Gasteiger charge is 2.38. The minimum atomic E-state index is -1.23. The monoisotopic (exact) mass is 2040 g/mol. The Balaban J connectivity index is 0.610. The number of nitrogens with one attached hydrogen (secondary N) is 11. The van der Waals surface area contributed by atoms with Crippen LogP contribution >= 0.6 is 0 Å². The van der Waals surface area contributed by atoms with Crippen molar-refractivity contribution >= 4 is 98.2 Å². The number of aliphatic carboxylic acids is 2. The molecule has 0 bridgehead atoms. The molecular formula is C109H144N18O21. The number of carboxylic acids is 2. The fourth-order valence-corrected chi connectivity index (χ4v) is 16.5. The number of aryl methyl sites for hydroxylation is 2. The number of aromatic nitrogens is 8. The van der Waals surface area contributed by atoms with Crippen molar-refractivity contribution in [2.24, 2.45) is 0 Å². The van der Waals surface area contributed by atoms with Gasteiger partial charge in [0, 0.05) is 89.4 Å². The van der Waals surface area contributed by atoms with Gasteiger partial charge in [-0.15, -0.1) is 10.2 Å².